The fourth-order valence-corrected chi connectivity index (χ4v) is 4.92. The van der Waals surface area contributed by atoms with E-state index in [9.17, 15) is 14.9 Å². The highest BCUT2D eigenvalue weighted by atomic mass is 35.5. The van der Waals surface area contributed by atoms with Crippen LogP contribution in [-0.2, 0) is 14.3 Å². The summed E-state index contributed by atoms with van der Waals surface area (Å²) in [5, 5.41) is 14.0. The summed E-state index contributed by atoms with van der Waals surface area (Å²) in [6.07, 6.45) is 0. The molecule has 1 heterocycles. The van der Waals surface area contributed by atoms with Crippen molar-refractivity contribution < 1.29 is 19.1 Å². The summed E-state index contributed by atoms with van der Waals surface area (Å²) in [6.45, 7) is 3.27. The Hall–Kier alpha value is -3.28. The van der Waals surface area contributed by atoms with E-state index < -0.39 is 11.8 Å². The number of nitrogens with zero attached hydrogens (tertiary/aromatic N) is 2. The Morgan fingerprint density at radius 1 is 1.21 bits per heavy atom. The van der Waals surface area contributed by atoms with Crippen LogP contribution in [0.2, 0.25) is 5.02 Å². The number of methoxy groups -OCH3 is 1. The number of esters is 1. The fourth-order valence-electron chi connectivity index (χ4n) is 3.72. The highest BCUT2D eigenvalue weighted by Crippen LogP contribution is 2.43. The number of aliphatic imine (C=N–C) groups is 1. The van der Waals surface area contributed by atoms with Crippen molar-refractivity contribution in [2.75, 3.05) is 24.8 Å². The molecule has 0 aromatic heterocycles. The Morgan fingerprint density at radius 2 is 1.91 bits per heavy atom. The molecule has 0 fully saturated rings. The van der Waals surface area contributed by atoms with Crippen molar-refractivity contribution in [3.05, 3.63) is 70.4 Å². The fraction of sp³-hybridized carbons (Fsp3) is 0.280. The summed E-state index contributed by atoms with van der Waals surface area (Å²) < 4.78 is 10.4. The van der Waals surface area contributed by atoms with E-state index in [4.69, 9.17) is 21.1 Å². The molecule has 2 aromatic carbocycles. The monoisotopic (exact) mass is 497 g/mol. The first-order valence-electron chi connectivity index (χ1n) is 10.5. The van der Waals surface area contributed by atoms with Crippen LogP contribution in [0.25, 0.3) is 0 Å². The number of anilines is 1. The lowest BCUT2D eigenvalue weighted by Gasteiger charge is -2.31. The average Bonchev–Trinajstić information content (AvgIpc) is 2.82. The predicted octanol–water partition coefficient (Wildman–Crippen LogP) is 5.19. The van der Waals surface area contributed by atoms with Gasteiger partial charge in [-0.2, -0.15) is 5.26 Å². The number of nitriles is 1. The molecule has 34 heavy (non-hydrogen) atoms. The number of nitrogens with one attached hydrogen (secondary N) is 1. The third kappa shape index (κ3) is 5.79. The van der Waals surface area contributed by atoms with Crippen LogP contribution < -0.4 is 10.1 Å². The van der Waals surface area contributed by atoms with E-state index in [0.717, 1.165) is 0 Å². The molecule has 2 unspecified atom stereocenters. The van der Waals surface area contributed by atoms with Crippen LogP contribution in [0.4, 0.5) is 5.69 Å². The summed E-state index contributed by atoms with van der Waals surface area (Å²) in [5.74, 6) is -1.20. The molecule has 2 aromatic rings. The van der Waals surface area contributed by atoms with Crippen LogP contribution in [0.1, 0.15) is 25.3 Å². The minimum absolute atomic E-state index is 0.192. The molecule has 3 rings (SSSR count). The third-order valence-corrected chi connectivity index (χ3v) is 6.55. The first kappa shape index (κ1) is 25.3. The number of ether oxygens (including phenoxy) is 2. The number of carbonyl (C=O) groups is 2. The summed E-state index contributed by atoms with van der Waals surface area (Å²) in [4.78, 5) is 29.2. The molecule has 0 aliphatic carbocycles. The summed E-state index contributed by atoms with van der Waals surface area (Å²) in [5.41, 5.74) is 2.01. The van der Waals surface area contributed by atoms with Crippen LogP contribution in [0.3, 0.4) is 0 Å². The van der Waals surface area contributed by atoms with Gasteiger partial charge in [-0.05, 0) is 30.7 Å². The molecule has 1 N–H and O–H groups in total. The molecular formula is C25H24ClN3O4S. The molecule has 1 amide bonds. The number of thioether (sulfide) groups is 1. The maximum Gasteiger partial charge on any atom is 0.302 e. The second-order valence-electron chi connectivity index (χ2n) is 7.40. The van der Waals surface area contributed by atoms with Gasteiger partial charge in [0.15, 0.2) is 0 Å². The van der Waals surface area contributed by atoms with Crippen LogP contribution in [-0.4, -0.2) is 36.4 Å². The van der Waals surface area contributed by atoms with E-state index in [1.165, 1.54) is 25.8 Å². The van der Waals surface area contributed by atoms with Crippen LogP contribution in [0.5, 0.6) is 5.75 Å². The Morgan fingerprint density at radius 3 is 2.59 bits per heavy atom. The van der Waals surface area contributed by atoms with Crippen LogP contribution in [0, 0.1) is 17.2 Å². The van der Waals surface area contributed by atoms with Crippen molar-refractivity contribution in [1.82, 2.24) is 0 Å². The standard InChI is InChI=1S/C25H24ClN3O4S/c1-15-22(24(31)29-20-10-6-7-11-21(20)32-3)23(17-8-4-5-9-19(17)26)18(14-27)25(28-15)34-13-12-33-16(2)30/h4-11,18,23H,12-13H2,1-3H3,(H,29,31). The number of hydrogen-bond donors (Lipinski definition) is 1. The lowest BCUT2D eigenvalue weighted by Crippen LogP contribution is -2.31. The summed E-state index contributed by atoms with van der Waals surface area (Å²) in [6, 6.07) is 16.6. The molecule has 2 atom stereocenters. The van der Waals surface area contributed by atoms with Crippen molar-refractivity contribution >= 4 is 46.0 Å². The van der Waals surface area contributed by atoms with E-state index in [1.807, 2.05) is 18.2 Å². The van der Waals surface area contributed by atoms with Gasteiger partial charge in [-0.15, -0.1) is 11.8 Å². The molecular weight excluding hydrogens is 474 g/mol. The molecule has 0 spiro atoms. The topological polar surface area (TPSA) is 101 Å². The number of rotatable bonds is 7. The van der Waals surface area contributed by atoms with Gasteiger partial charge < -0.3 is 14.8 Å². The van der Waals surface area contributed by atoms with Gasteiger partial charge in [0.25, 0.3) is 5.91 Å². The second kappa shape index (κ2) is 11.7. The van der Waals surface area contributed by atoms with Crippen molar-refractivity contribution in [1.29, 1.82) is 5.26 Å². The normalized spacial score (nSPS) is 17.4. The highest BCUT2D eigenvalue weighted by Gasteiger charge is 2.39. The molecule has 1 aliphatic rings. The molecule has 9 heteroatoms. The Labute approximate surface area is 207 Å². The van der Waals surface area contributed by atoms with Gasteiger partial charge in [0.1, 0.15) is 18.3 Å². The summed E-state index contributed by atoms with van der Waals surface area (Å²) >= 11 is 7.85. The van der Waals surface area contributed by atoms with Gasteiger partial charge in [-0.3, -0.25) is 9.59 Å². The molecule has 7 nitrogen and oxygen atoms in total. The van der Waals surface area contributed by atoms with Gasteiger partial charge in [0.2, 0.25) is 0 Å². The number of hydrogen-bond acceptors (Lipinski definition) is 7. The zero-order chi connectivity index (χ0) is 24.7. The van der Waals surface area contributed by atoms with Crippen molar-refractivity contribution in [2.45, 2.75) is 19.8 Å². The first-order chi connectivity index (χ1) is 16.4. The lowest BCUT2D eigenvalue weighted by atomic mass is 9.78. The zero-order valence-electron chi connectivity index (χ0n) is 19.0. The zero-order valence-corrected chi connectivity index (χ0v) is 20.6. The van der Waals surface area contributed by atoms with E-state index in [2.05, 4.69) is 16.4 Å². The SMILES string of the molecule is COc1ccccc1NC(=O)C1=C(C)N=C(SCCOC(C)=O)C(C#N)C1c1ccccc1Cl. The van der Waals surface area contributed by atoms with Crippen molar-refractivity contribution in [3.63, 3.8) is 0 Å². The third-order valence-electron chi connectivity index (χ3n) is 5.20. The number of carbonyl (C=O) groups excluding carboxylic acids is 2. The average molecular weight is 498 g/mol. The minimum atomic E-state index is -0.746. The lowest BCUT2D eigenvalue weighted by molar-refractivity contribution is -0.140. The van der Waals surface area contributed by atoms with E-state index >= 15 is 0 Å². The van der Waals surface area contributed by atoms with Gasteiger partial charge >= 0.3 is 5.97 Å². The highest BCUT2D eigenvalue weighted by molar-refractivity contribution is 8.14. The second-order valence-corrected chi connectivity index (χ2v) is 8.92. The smallest absolute Gasteiger partial charge is 0.302 e. The molecule has 0 saturated heterocycles. The minimum Gasteiger partial charge on any atom is -0.495 e. The largest absolute Gasteiger partial charge is 0.495 e. The Kier molecular flexibility index (Phi) is 8.74. The van der Waals surface area contributed by atoms with Crippen LogP contribution in [0.15, 0.2) is 64.8 Å². The maximum absolute atomic E-state index is 13.5. The first-order valence-corrected chi connectivity index (χ1v) is 11.9. The molecule has 0 bridgehead atoms. The molecule has 0 radical (unpaired) electrons. The van der Waals surface area contributed by atoms with E-state index in [1.54, 1.807) is 37.3 Å². The van der Waals surface area contributed by atoms with E-state index in [0.29, 0.717) is 44.1 Å². The number of allylic oxidation sites excluding steroid dienone is 1. The number of benzene rings is 2. The quantitative estimate of drug-likeness (QED) is 0.417. The maximum atomic E-state index is 13.5. The van der Waals surface area contributed by atoms with Crippen molar-refractivity contribution in [2.24, 2.45) is 10.9 Å². The number of amides is 1. The van der Waals surface area contributed by atoms with Crippen LogP contribution >= 0.6 is 23.4 Å². The number of para-hydroxylation sites is 2. The molecule has 176 valence electrons. The summed E-state index contributed by atoms with van der Waals surface area (Å²) in [7, 11) is 1.53. The van der Waals surface area contributed by atoms with Gasteiger partial charge in [0.05, 0.1) is 23.9 Å². The Bertz CT molecular complexity index is 1190. The van der Waals surface area contributed by atoms with Gasteiger partial charge in [0, 0.05) is 34.9 Å². The molecule has 0 saturated carbocycles. The van der Waals surface area contributed by atoms with Gasteiger partial charge in [-0.1, -0.05) is 41.9 Å². The number of halogens is 1. The van der Waals surface area contributed by atoms with E-state index in [-0.39, 0.29) is 18.5 Å². The molecule has 1 aliphatic heterocycles. The van der Waals surface area contributed by atoms with Gasteiger partial charge in [-0.25, -0.2) is 4.99 Å². The Balaban J connectivity index is 2.03. The van der Waals surface area contributed by atoms with Crippen molar-refractivity contribution in [3.8, 4) is 11.8 Å². The predicted molar refractivity (Wildman–Crippen MR) is 134 cm³/mol.